The lowest BCUT2D eigenvalue weighted by Crippen LogP contribution is -2.28. The van der Waals surface area contributed by atoms with Gasteiger partial charge in [-0.2, -0.15) is 8.78 Å². The summed E-state index contributed by atoms with van der Waals surface area (Å²) in [5, 5.41) is 2.86. The summed E-state index contributed by atoms with van der Waals surface area (Å²) in [5.74, 6) is -3.88. The fourth-order valence-corrected chi connectivity index (χ4v) is 3.08. The van der Waals surface area contributed by atoms with Crippen molar-refractivity contribution in [1.29, 1.82) is 0 Å². The molecule has 0 spiro atoms. The predicted molar refractivity (Wildman–Crippen MR) is 91.3 cm³/mol. The second-order valence-corrected chi connectivity index (χ2v) is 7.59. The van der Waals surface area contributed by atoms with Crippen molar-refractivity contribution in [2.24, 2.45) is 0 Å². The van der Waals surface area contributed by atoms with Crippen LogP contribution in [-0.2, 0) is 9.84 Å². The van der Waals surface area contributed by atoms with Crippen LogP contribution in [-0.4, -0.2) is 20.1 Å². The van der Waals surface area contributed by atoms with E-state index in [4.69, 9.17) is 0 Å². The van der Waals surface area contributed by atoms with E-state index in [1.807, 2.05) is 38.1 Å². The van der Waals surface area contributed by atoms with E-state index in [1.54, 1.807) is 0 Å². The molecule has 2 rings (SSSR count). The first-order valence-electron chi connectivity index (χ1n) is 7.75. The summed E-state index contributed by atoms with van der Waals surface area (Å²) in [5.41, 5.74) is 2.28. The minimum Gasteiger partial charge on any atom is -0.345 e. The van der Waals surface area contributed by atoms with Crippen LogP contribution in [0.2, 0.25) is 0 Å². The van der Waals surface area contributed by atoms with Gasteiger partial charge < -0.3 is 5.32 Å². The highest BCUT2D eigenvalue weighted by Crippen LogP contribution is 2.20. The molecule has 0 saturated carbocycles. The number of rotatable bonds is 6. The molecule has 2 aromatic carbocycles. The molecule has 7 heteroatoms. The first kappa shape index (κ1) is 19.1. The molecular weight excluding hydrogens is 348 g/mol. The third-order valence-corrected chi connectivity index (χ3v) is 5.27. The Morgan fingerprint density at radius 3 is 2.08 bits per heavy atom. The van der Waals surface area contributed by atoms with E-state index >= 15 is 0 Å². The Bertz CT molecular complexity index is 832. The predicted octanol–water partition coefficient (Wildman–Crippen LogP) is 3.87. The van der Waals surface area contributed by atoms with Crippen LogP contribution in [0.1, 0.15) is 40.9 Å². The topological polar surface area (TPSA) is 63.2 Å². The number of alkyl halides is 2. The van der Waals surface area contributed by atoms with E-state index in [0.29, 0.717) is 6.42 Å². The summed E-state index contributed by atoms with van der Waals surface area (Å²) in [6.07, 6.45) is 0.673. The van der Waals surface area contributed by atoms with Gasteiger partial charge in [0.2, 0.25) is 9.84 Å². The van der Waals surface area contributed by atoms with E-state index in [9.17, 15) is 22.0 Å². The zero-order valence-corrected chi connectivity index (χ0v) is 14.7. The van der Waals surface area contributed by atoms with Gasteiger partial charge in [0, 0.05) is 5.56 Å². The van der Waals surface area contributed by atoms with Gasteiger partial charge in [-0.15, -0.1) is 0 Å². The highest BCUT2D eigenvalue weighted by molar-refractivity contribution is 7.91. The number of halogens is 2. The van der Waals surface area contributed by atoms with Crippen LogP contribution >= 0.6 is 0 Å². The molecule has 1 unspecified atom stereocenters. The molecule has 0 aliphatic heterocycles. The first-order valence-corrected chi connectivity index (χ1v) is 9.30. The van der Waals surface area contributed by atoms with Crippen LogP contribution in [0.4, 0.5) is 8.78 Å². The van der Waals surface area contributed by atoms with Crippen molar-refractivity contribution in [3.8, 4) is 0 Å². The molecule has 0 aliphatic carbocycles. The van der Waals surface area contributed by atoms with Crippen LogP contribution < -0.4 is 5.32 Å². The average Bonchev–Trinajstić information content (AvgIpc) is 2.60. The maximum Gasteiger partial charge on any atom is 0.341 e. The van der Waals surface area contributed by atoms with Gasteiger partial charge >= 0.3 is 5.76 Å². The number of benzene rings is 2. The summed E-state index contributed by atoms with van der Waals surface area (Å²) in [6.45, 7) is 3.90. The zero-order valence-electron chi connectivity index (χ0n) is 13.9. The Morgan fingerprint density at radius 2 is 1.60 bits per heavy atom. The Labute approximate surface area is 145 Å². The number of hydrogen-bond acceptors (Lipinski definition) is 3. The molecule has 1 amide bonds. The average molecular weight is 367 g/mol. The van der Waals surface area contributed by atoms with Crippen LogP contribution in [0.5, 0.6) is 0 Å². The number of nitrogens with one attached hydrogen (secondary N) is 1. The SMILES string of the molecule is CCC(NC(=O)c1ccc(S(=O)(=O)C(F)F)cc1)c1ccc(C)cc1. The van der Waals surface area contributed by atoms with Gasteiger partial charge in [0.25, 0.3) is 5.91 Å². The molecule has 0 saturated heterocycles. The van der Waals surface area contributed by atoms with Crippen molar-refractivity contribution in [1.82, 2.24) is 5.32 Å². The lowest BCUT2D eigenvalue weighted by atomic mass is 10.0. The van der Waals surface area contributed by atoms with Gasteiger partial charge in [-0.05, 0) is 43.2 Å². The fraction of sp³-hybridized carbons (Fsp3) is 0.278. The molecule has 0 fully saturated rings. The monoisotopic (exact) mass is 367 g/mol. The van der Waals surface area contributed by atoms with Gasteiger partial charge in [-0.3, -0.25) is 4.79 Å². The quantitative estimate of drug-likeness (QED) is 0.843. The van der Waals surface area contributed by atoms with E-state index in [0.717, 1.165) is 23.3 Å². The lowest BCUT2D eigenvalue weighted by Gasteiger charge is -2.18. The maximum atomic E-state index is 12.5. The second-order valence-electron chi connectivity index (χ2n) is 5.68. The van der Waals surface area contributed by atoms with E-state index < -0.39 is 26.4 Å². The summed E-state index contributed by atoms with van der Waals surface area (Å²) < 4.78 is 47.8. The molecule has 0 aliphatic rings. The summed E-state index contributed by atoms with van der Waals surface area (Å²) in [4.78, 5) is 11.8. The Balaban J connectivity index is 2.16. The summed E-state index contributed by atoms with van der Waals surface area (Å²) in [6, 6.07) is 12.1. The van der Waals surface area contributed by atoms with Gasteiger partial charge in [-0.1, -0.05) is 36.8 Å². The highest BCUT2D eigenvalue weighted by atomic mass is 32.2. The van der Waals surface area contributed by atoms with Gasteiger partial charge in [0.05, 0.1) is 10.9 Å². The van der Waals surface area contributed by atoms with Crippen molar-refractivity contribution in [3.63, 3.8) is 0 Å². The van der Waals surface area contributed by atoms with Crippen molar-refractivity contribution in [2.75, 3.05) is 0 Å². The molecule has 134 valence electrons. The molecule has 1 N–H and O–H groups in total. The van der Waals surface area contributed by atoms with Crippen LogP contribution in [0.15, 0.2) is 53.4 Å². The summed E-state index contributed by atoms with van der Waals surface area (Å²) in [7, 11) is -4.66. The fourth-order valence-electron chi connectivity index (χ4n) is 2.36. The number of carbonyl (C=O) groups is 1. The number of hydrogen-bond donors (Lipinski definition) is 1. The molecule has 0 heterocycles. The van der Waals surface area contributed by atoms with E-state index in [-0.39, 0.29) is 11.6 Å². The minimum atomic E-state index is -4.66. The van der Waals surface area contributed by atoms with Gasteiger partial charge in [0.15, 0.2) is 0 Å². The van der Waals surface area contributed by atoms with Crippen molar-refractivity contribution >= 4 is 15.7 Å². The van der Waals surface area contributed by atoms with Gasteiger partial charge in [-0.25, -0.2) is 8.42 Å². The number of amides is 1. The molecule has 0 radical (unpaired) electrons. The Morgan fingerprint density at radius 1 is 1.04 bits per heavy atom. The molecular formula is C18H19F2NO3S. The van der Waals surface area contributed by atoms with Crippen molar-refractivity contribution < 1.29 is 22.0 Å². The Hall–Kier alpha value is -2.28. The molecule has 0 aromatic heterocycles. The minimum absolute atomic E-state index is 0.197. The largest absolute Gasteiger partial charge is 0.345 e. The molecule has 1 atom stereocenters. The van der Waals surface area contributed by atoms with E-state index in [2.05, 4.69) is 5.32 Å². The second kappa shape index (κ2) is 7.74. The van der Waals surface area contributed by atoms with E-state index in [1.165, 1.54) is 12.1 Å². The highest BCUT2D eigenvalue weighted by Gasteiger charge is 2.26. The van der Waals surface area contributed by atoms with Crippen molar-refractivity contribution in [3.05, 3.63) is 65.2 Å². The van der Waals surface area contributed by atoms with Crippen LogP contribution in [0.25, 0.3) is 0 Å². The van der Waals surface area contributed by atoms with Crippen LogP contribution in [0.3, 0.4) is 0 Å². The number of sulfone groups is 1. The maximum absolute atomic E-state index is 12.5. The zero-order chi connectivity index (χ0) is 18.6. The third-order valence-electron chi connectivity index (χ3n) is 3.87. The summed E-state index contributed by atoms with van der Waals surface area (Å²) >= 11 is 0. The lowest BCUT2D eigenvalue weighted by molar-refractivity contribution is 0.0935. The third kappa shape index (κ3) is 4.42. The van der Waals surface area contributed by atoms with Gasteiger partial charge in [0.1, 0.15) is 0 Å². The normalized spacial score (nSPS) is 12.8. The smallest absolute Gasteiger partial charge is 0.341 e. The standard InChI is InChI=1S/C18H19F2NO3S/c1-3-16(13-6-4-12(2)5-7-13)21-17(22)14-8-10-15(11-9-14)25(23,24)18(19)20/h4-11,16,18H,3H2,1-2H3,(H,21,22). The molecule has 0 bridgehead atoms. The molecule has 4 nitrogen and oxygen atoms in total. The van der Waals surface area contributed by atoms with Crippen LogP contribution in [0, 0.1) is 6.92 Å². The number of carbonyl (C=O) groups excluding carboxylic acids is 1. The van der Waals surface area contributed by atoms with Crippen molar-refractivity contribution in [2.45, 2.75) is 37.0 Å². The number of aryl methyl sites for hydroxylation is 1. The Kier molecular flexibility index (Phi) is 5.89. The first-order chi connectivity index (χ1) is 11.8. The molecule has 2 aromatic rings. The molecule has 25 heavy (non-hydrogen) atoms.